The first-order valence-electron chi connectivity index (χ1n) is 6.57. The SMILES string of the molecule is COc1ccccc1C(=O)NCc1ccc2c(c1)OCO2. The first-order valence-corrected chi connectivity index (χ1v) is 6.57. The molecule has 1 N–H and O–H groups in total. The van der Waals surface area contributed by atoms with Crippen LogP contribution in [-0.2, 0) is 6.54 Å². The molecule has 0 aliphatic carbocycles. The molecule has 0 saturated heterocycles. The second-order valence-electron chi connectivity index (χ2n) is 4.57. The summed E-state index contributed by atoms with van der Waals surface area (Å²) in [6.07, 6.45) is 0. The first kappa shape index (κ1) is 13.3. The van der Waals surface area contributed by atoms with Crippen LogP contribution in [0.1, 0.15) is 15.9 Å². The van der Waals surface area contributed by atoms with Gasteiger partial charge in [0.25, 0.3) is 5.91 Å². The molecule has 2 aromatic rings. The summed E-state index contributed by atoms with van der Waals surface area (Å²) in [5.74, 6) is 1.82. The zero-order valence-electron chi connectivity index (χ0n) is 11.6. The molecule has 5 nitrogen and oxygen atoms in total. The highest BCUT2D eigenvalue weighted by Crippen LogP contribution is 2.32. The molecule has 5 heteroatoms. The molecule has 0 bridgehead atoms. The van der Waals surface area contributed by atoms with Gasteiger partial charge in [0.1, 0.15) is 5.75 Å². The van der Waals surface area contributed by atoms with Gasteiger partial charge >= 0.3 is 0 Å². The molecule has 1 aliphatic rings. The van der Waals surface area contributed by atoms with E-state index in [2.05, 4.69) is 5.32 Å². The van der Waals surface area contributed by atoms with Crippen LogP contribution in [0.3, 0.4) is 0 Å². The lowest BCUT2D eigenvalue weighted by molar-refractivity contribution is 0.0948. The van der Waals surface area contributed by atoms with Crippen molar-refractivity contribution in [1.29, 1.82) is 0 Å². The van der Waals surface area contributed by atoms with E-state index in [0.717, 1.165) is 11.3 Å². The van der Waals surface area contributed by atoms with Crippen LogP contribution in [0.5, 0.6) is 17.2 Å². The van der Waals surface area contributed by atoms with E-state index in [0.29, 0.717) is 23.6 Å². The van der Waals surface area contributed by atoms with Crippen molar-refractivity contribution < 1.29 is 19.0 Å². The van der Waals surface area contributed by atoms with Crippen molar-refractivity contribution in [1.82, 2.24) is 5.32 Å². The number of benzene rings is 2. The van der Waals surface area contributed by atoms with E-state index in [1.807, 2.05) is 24.3 Å². The summed E-state index contributed by atoms with van der Waals surface area (Å²) in [6, 6.07) is 12.7. The molecule has 21 heavy (non-hydrogen) atoms. The van der Waals surface area contributed by atoms with Crippen molar-refractivity contribution >= 4 is 5.91 Å². The highest BCUT2D eigenvalue weighted by molar-refractivity contribution is 5.96. The van der Waals surface area contributed by atoms with Gasteiger partial charge in [-0.2, -0.15) is 0 Å². The molecule has 2 aromatic carbocycles. The minimum absolute atomic E-state index is 0.176. The van der Waals surface area contributed by atoms with Crippen molar-refractivity contribution in [2.45, 2.75) is 6.54 Å². The van der Waals surface area contributed by atoms with Crippen LogP contribution in [0.25, 0.3) is 0 Å². The molecular formula is C16H15NO4. The second-order valence-corrected chi connectivity index (χ2v) is 4.57. The Morgan fingerprint density at radius 2 is 2.00 bits per heavy atom. The van der Waals surface area contributed by atoms with Crippen LogP contribution in [0.15, 0.2) is 42.5 Å². The summed E-state index contributed by atoms with van der Waals surface area (Å²) in [6.45, 7) is 0.653. The van der Waals surface area contributed by atoms with Gasteiger partial charge in [-0.3, -0.25) is 4.79 Å². The second kappa shape index (κ2) is 5.75. The molecule has 1 aliphatic heterocycles. The monoisotopic (exact) mass is 285 g/mol. The van der Waals surface area contributed by atoms with Gasteiger partial charge in [0.2, 0.25) is 6.79 Å². The maximum atomic E-state index is 12.2. The topological polar surface area (TPSA) is 56.8 Å². The van der Waals surface area contributed by atoms with Gasteiger partial charge in [0.15, 0.2) is 11.5 Å². The van der Waals surface area contributed by atoms with Crippen molar-refractivity contribution in [2.24, 2.45) is 0 Å². The first-order chi connectivity index (χ1) is 10.3. The molecule has 0 atom stereocenters. The minimum Gasteiger partial charge on any atom is -0.496 e. The van der Waals surface area contributed by atoms with Gasteiger partial charge in [-0.1, -0.05) is 18.2 Å². The van der Waals surface area contributed by atoms with E-state index in [1.165, 1.54) is 0 Å². The van der Waals surface area contributed by atoms with Crippen LogP contribution in [-0.4, -0.2) is 19.8 Å². The summed E-state index contributed by atoms with van der Waals surface area (Å²) in [4.78, 5) is 12.2. The fourth-order valence-corrected chi connectivity index (χ4v) is 2.16. The molecule has 0 radical (unpaired) electrons. The minimum atomic E-state index is -0.176. The number of methoxy groups -OCH3 is 1. The van der Waals surface area contributed by atoms with Gasteiger partial charge in [0, 0.05) is 6.54 Å². The predicted molar refractivity (Wildman–Crippen MR) is 76.7 cm³/mol. The van der Waals surface area contributed by atoms with Crippen molar-refractivity contribution in [3.8, 4) is 17.2 Å². The zero-order chi connectivity index (χ0) is 14.7. The van der Waals surface area contributed by atoms with E-state index >= 15 is 0 Å². The quantitative estimate of drug-likeness (QED) is 0.937. The number of rotatable bonds is 4. The van der Waals surface area contributed by atoms with Crippen LogP contribution in [0, 0.1) is 0 Å². The molecule has 0 unspecified atom stereocenters. The third-order valence-electron chi connectivity index (χ3n) is 3.24. The number of carbonyl (C=O) groups is 1. The molecule has 1 heterocycles. The van der Waals surface area contributed by atoms with E-state index < -0.39 is 0 Å². The van der Waals surface area contributed by atoms with Crippen LogP contribution in [0.2, 0.25) is 0 Å². The normalized spacial score (nSPS) is 12.0. The molecule has 0 aromatic heterocycles. The number of para-hydroxylation sites is 1. The van der Waals surface area contributed by atoms with Gasteiger partial charge < -0.3 is 19.5 Å². The van der Waals surface area contributed by atoms with Crippen molar-refractivity contribution in [3.05, 3.63) is 53.6 Å². The number of amides is 1. The molecule has 0 fully saturated rings. The van der Waals surface area contributed by atoms with Crippen molar-refractivity contribution in [3.63, 3.8) is 0 Å². The molecule has 0 spiro atoms. The Labute approximate surface area is 122 Å². The van der Waals surface area contributed by atoms with Crippen molar-refractivity contribution in [2.75, 3.05) is 13.9 Å². The lowest BCUT2D eigenvalue weighted by Crippen LogP contribution is -2.23. The van der Waals surface area contributed by atoms with E-state index in [4.69, 9.17) is 14.2 Å². The van der Waals surface area contributed by atoms with Crippen LogP contribution in [0.4, 0.5) is 0 Å². The Morgan fingerprint density at radius 1 is 1.19 bits per heavy atom. The Balaban J connectivity index is 1.68. The summed E-state index contributed by atoms with van der Waals surface area (Å²) >= 11 is 0. The Bertz CT molecular complexity index is 669. The Kier molecular flexibility index (Phi) is 3.64. The maximum absolute atomic E-state index is 12.2. The lowest BCUT2D eigenvalue weighted by Gasteiger charge is -2.09. The van der Waals surface area contributed by atoms with Crippen LogP contribution < -0.4 is 19.5 Å². The fourth-order valence-electron chi connectivity index (χ4n) is 2.16. The van der Waals surface area contributed by atoms with E-state index in [1.54, 1.807) is 25.3 Å². The number of nitrogens with one attached hydrogen (secondary N) is 1. The summed E-state index contributed by atoms with van der Waals surface area (Å²) < 4.78 is 15.7. The maximum Gasteiger partial charge on any atom is 0.255 e. The Hall–Kier alpha value is -2.69. The van der Waals surface area contributed by atoms with Gasteiger partial charge in [-0.15, -0.1) is 0 Å². The number of carbonyl (C=O) groups excluding carboxylic acids is 1. The molecule has 3 rings (SSSR count). The number of fused-ring (bicyclic) bond motifs is 1. The number of ether oxygens (including phenoxy) is 3. The number of hydrogen-bond acceptors (Lipinski definition) is 4. The van der Waals surface area contributed by atoms with E-state index in [9.17, 15) is 4.79 Å². The van der Waals surface area contributed by atoms with Gasteiger partial charge in [0.05, 0.1) is 12.7 Å². The third-order valence-corrected chi connectivity index (χ3v) is 3.24. The average molecular weight is 285 g/mol. The highest BCUT2D eigenvalue weighted by Gasteiger charge is 2.14. The average Bonchev–Trinajstić information content (AvgIpc) is 3.00. The third kappa shape index (κ3) is 2.76. The lowest BCUT2D eigenvalue weighted by atomic mass is 10.1. The summed E-state index contributed by atoms with van der Waals surface area (Å²) in [7, 11) is 1.55. The summed E-state index contributed by atoms with van der Waals surface area (Å²) in [5, 5.41) is 2.87. The molecular weight excluding hydrogens is 270 g/mol. The molecule has 1 amide bonds. The Morgan fingerprint density at radius 3 is 2.86 bits per heavy atom. The fraction of sp³-hybridized carbons (Fsp3) is 0.188. The number of hydrogen-bond donors (Lipinski definition) is 1. The predicted octanol–water partition coefficient (Wildman–Crippen LogP) is 2.35. The van der Waals surface area contributed by atoms with Crippen LogP contribution >= 0.6 is 0 Å². The molecule has 0 saturated carbocycles. The highest BCUT2D eigenvalue weighted by atomic mass is 16.7. The standard InChI is InChI=1S/C16H15NO4/c1-19-13-5-3-2-4-12(13)16(18)17-9-11-6-7-14-15(8-11)21-10-20-14/h2-8H,9-10H2,1H3,(H,17,18). The summed E-state index contributed by atoms with van der Waals surface area (Å²) in [5.41, 5.74) is 1.46. The largest absolute Gasteiger partial charge is 0.496 e. The van der Waals surface area contributed by atoms with E-state index in [-0.39, 0.29) is 12.7 Å². The molecule has 108 valence electrons. The zero-order valence-corrected chi connectivity index (χ0v) is 11.6. The smallest absolute Gasteiger partial charge is 0.255 e. The van der Waals surface area contributed by atoms with Gasteiger partial charge in [-0.25, -0.2) is 0 Å². The van der Waals surface area contributed by atoms with Gasteiger partial charge in [-0.05, 0) is 29.8 Å².